The number of rotatable bonds is 7. The van der Waals surface area contributed by atoms with Crippen LogP contribution in [0.4, 0.5) is 5.69 Å². The van der Waals surface area contributed by atoms with Crippen LogP contribution in [0.5, 0.6) is 0 Å². The molecule has 4 rings (SSSR count). The fourth-order valence-corrected chi connectivity index (χ4v) is 6.11. The van der Waals surface area contributed by atoms with Gasteiger partial charge in [0.15, 0.2) is 5.96 Å². The number of nitrogens with two attached hydrogens (primary N) is 2. The van der Waals surface area contributed by atoms with E-state index in [-0.39, 0.29) is 17.9 Å². The predicted octanol–water partition coefficient (Wildman–Crippen LogP) is 3.83. The molecule has 180 valence electrons. The summed E-state index contributed by atoms with van der Waals surface area (Å²) in [7, 11) is 1.74. The normalized spacial score (nSPS) is 28.6. The highest BCUT2D eigenvalue weighted by molar-refractivity contribution is 6.06. The Kier molecular flexibility index (Phi) is 7.25. The number of hydrogen-bond donors (Lipinski definition) is 3. The van der Waals surface area contributed by atoms with Crippen molar-refractivity contribution in [2.24, 2.45) is 22.6 Å². The standard InChI is InChI=1S/C26H39N5O2/c1-31-24(33)26(30-25(31)28,14-13-18-7-3-2-4-8-18)17-19-9-5-12-22(15-19)29-23(32)20-10-6-11-21(27)16-20/h6,10-11,16,18-19,22H,2-5,7-9,12-15,17,27H2,1H3,(H2,28,30)(H,29,32)/t19-,22+,26+/m0/s1. The van der Waals surface area contributed by atoms with E-state index in [0.29, 0.717) is 35.5 Å². The monoisotopic (exact) mass is 453 g/mol. The lowest BCUT2D eigenvalue weighted by molar-refractivity contribution is -0.131. The number of anilines is 1. The van der Waals surface area contributed by atoms with Gasteiger partial charge >= 0.3 is 0 Å². The summed E-state index contributed by atoms with van der Waals surface area (Å²) in [6.45, 7) is 0. The first-order valence-corrected chi connectivity index (χ1v) is 12.7. The first kappa shape index (κ1) is 23.6. The van der Waals surface area contributed by atoms with Crippen LogP contribution in [-0.4, -0.2) is 41.3 Å². The number of nitrogen functional groups attached to an aromatic ring is 1. The van der Waals surface area contributed by atoms with Crippen LogP contribution < -0.4 is 16.8 Å². The Labute approximate surface area is 197 Å². The van der Waals surface area contributed by atoms with Crippen LogP contribution in [0.2, 0.25) is 0 Å². The van der Waals surface area contributed by atoms with Gasteiger partial charge in [0.05, 0.1) is 0 Å². The van der Waals surface area contributed by atoms with Crippen molar-refractivity contribution in [3.63, 3.8) is 0 Å². The summed E-state index contributed by atoms with van der Waals surface area (Å²) in [5.74, 6) is 1.33. The average molecular weight is 454 g/mol. The number of carbonyl (C=O) groups excluding carboxylic acids is 2. The molecule has 33 heavy (non-hydrogen) atoms. The molecule has 3 atom stereocenters. The number of carbonyl (C=O) groups is 2. The maximum atomic E-state index is 13.3. The first-order chi connectivity index (χ1) is 15.9. The topological polar surface area (TPSA) is 114 Å². The van der Waals surface area contributed by atoms with E-state index in [1.807, 2.05) is 0 Å². The molecule has 1 heterocycles. The largest absolute Gasteiger partial charge is 0.399 e. The Morgan fingerprint density at radius 1 is 1.12 bits per heavy atom. The minimum Gasteiger partial charge on any atom is -0.399 e. The molecular weight excluding hydrogens is 414 g/mol. The van der Waals surface area contributed by atoms with Gasteiger partial charge < -0.3 is 16.8 Å². The molecule has 2 aliphatic carbocycles. The van der Waals surface area contributed by atoms with E-state index in [9.17, 15) is 9.59 Å². The Morgan fingerprint density at radius 2 is 1.88 bits per heavy atom. The molecule has 0 saturated heterocycles. The second-order valence-corrected chi connectivity index (χ2v) is 10.4. The van der Waals surface area contributed by atoms with E-state index in [1.54, 1.807) is 31.3 Å². The van der Waals surface area contributed by atoms with E-state index >= 15 is 0 Å². The van der Waals surface area contributed by atoms with Crippen molar-refractivity contribution in [1.29, 1.82) is 0 Å². The van der Waals surface area contributed by atoms with Crippen LogP contribution in [0.3, 0.4) is 0 Å². The van der Waals surface area contributed by atoms with Gasteiger partial charge in [-0.1, -0.05) is 51.0 Å². The molecule has 0 bridgehead atoms. The molecule has 0 radical (unpaired) electrons. The van der Waals surface area contributed by atoms with E-state index in [1.165, 1.54) is 37.0 Å². The zero-order valence-corrected chi connectivity index (χ0v) is 19.9. The number of guanidine groups is 1. The Hall–Kier alpha value is -2.57. The first-order valence-electron chi connectivity index (χ1n) is 12.7. The van der Waals surface area contributed by atoms with Gasteiger partial charge in [0, 0.05) is 24.3 Å². The fourth-order valence-electron chi connectivity index (χ4n) is 6.11. The maximum Gasteiger partial charge on any atom is 0.257 e. The van der Waals surface area contributed by atoms with Crippen molar-refractivity contribution in [3.8, 4) is 0 Å². The van der Waals surface area contributed by atoms with Crippen molar-refractivity contribution in [3.05, 3.63) is 29.8 Å². The molecule has 1 aliphatic heterocycles. The molecular formula is C26H39N5O2. The third-order valence-corrected chi connectivity index (χ3v) is 7.96. The average Bonchev–Trinajstić information content (AvgIpc) is 3.02. The van der Waals surface area contributed by atoms with E-state index in [4.69, 9.17) is 16.5 Å². The fraction of sp³-hybridized carbons (Fsp3) is 0.654. The summed E-state index contributed by atoms with van der Waals surface area (Å²) in [5, 5.41) is 3.19. The smallest absolute Gasteiger partial charge is 0.257 e. The quantitative estimate of drug-likeness (QED) is 0.544. The Bertz CT molecular complexity index is 894. The van der Waals surface area contributed by atoms with Crippen LogP contribution in [-0.2, 0) is 4.79 Å². The van der Waals surface area contributed by atoms with Crippen molar-refractivity contribution < 1.29 is 9.59 Å². The van der Waals surface area contributed by atoms with Crippen LogP contribution in [0.15, 0.2) is 29.3 Å². The number of benzene rings is 1. The van der Waals surface area contributed by atoms with Gasteiger partial charge in [-0.3, -0.25) is 14.5 Å². The van der Waals surface area contributed by atoms with Crippen LogP contribution >= 0.6 is 0 Å². The zero-order valence-electron chi connectivity index (χ0n) is 19.9. The van der Waals surface area contributed by atoms with Gasteiger partial charge in [0.1, 0.15) is 5.54 Å². The zero-order chi connectivity index (χ0) is 23.4. The summed E-state index contributed by atoms with van der Waals surface area (Å²) in [6.07, 6.45) is 12.9. The highest BCUT2D eigenvalue weighted by Crippen LogP contribution is 2.40. The van der Waals surface area contributed by atoms with Crippen molar-refractivity contribution in [2.45, 2.75) is 88.6 Å². The summed E-state index contributed by atoms with van der Waals surface area (Å²) < 4.78 is 0. The Morgan fingerprint density at radius 3 is 2.58 bits per heavy atom. The van der Waals surface area contributed by atoms with Crippen molar-refractivity contribution in [1.82, 2.24) is 10.2 Å². The number of likely N-dealkylation sites (N-methyl/N-ethyl adjacent to an activating group) is 1. The van der Waals surface area contributed by atoms with Gasteiger partial charge in [0.2, 0.25) is 0 Å². The lowest BCUT2D eigenvalue weighted by Gasteiger charge is -2.35. The molecule has 2 amide bonds. The number of nitrogens with zero attached hydrogens (tertiary/aromatic N) is 2. The maximum absolute atomic E-state index is 13.3. The van der Waals surface area contributed by atoms with Crippen LogP contribution in [0.1, 0.15) is 87.4 Å². The molecule has 5 N–H and O–H groups in total. The predicted molar refractivity (Wildman–Crippen MR) is 132 cm³/mol. The molecule has 7 heteroatoms. The number of aliphatic imine (C=N–C) groups is 1. The van der Waals surface area contributed by atoms with Crippen LogP contribution in [0, 0.1) is 11.8 Å². The molecule has 0 aromatic heterocycles. The minimum atomic E-state index is -0.735. The van der Waals surface area contributed by atoms with E-state index in [2.05, 4.69) is 5.32 Å². The number of amides is 2. The molecule has 2 fully saturated rings. The molecule has 1 aromatic carbocycles. The van der Waals surface area contributed by atoms with Crippen LogP contribution in [0.25, 0.3) is 0 Å². The van der Waals surface area contributed by atoms with Gasteiger partial charge in [-0.25, -0.2) is 4.99 Å². The second-order valence-electron chi connectivity index (χ2n) is 10.4. The summed E-state index contributed by atoms with van der Waals surface area (Å²) in [5.41, 5.74) is 12.4. The molecule has 0 unspecified atom stereocenters. The van der Waals surface area contributed by atoms with E-state index < -0.39 is 5.54 Å². The third-order valence-electron chi connectivity index (χ3n) is 7.96. The van der Waals surface area contributed by atoms with Gasteiger partial charge in [0.25, 0.3) is 11.8 Å². The van der Waals surface area contributed by atoms with E-state index in [0.717, 1.165) is 38.5 Å². The van der Waals surface area contributed by atoms with Gasteiger partial charge in [-0.05, 0) is 62.1 Å². The minimum absolute atomic E-state index is 0.0433. The lowest BCUT2D eigenvalue weighted by atomic mass is 9.74. The molecule has 0 spiro atoms. The summed E-state index contributed by atoms with van der Waals surface area (Å²) in [4.78, 5) is 32.3. The SMILES string of the molecule is CN1C(=O)[C@@](CCC2CCCCC2)(C[C@H]2CCC[C@@H](NC(=O)c3cccc(N)c3)C2)N=C1N. The second kappa shape index (κ2) is 10.1. The molecule has 2 saturated carbocycles. The highest BCUT2D eigenvalue weighted by atomic mass is 16.2. The van der Waals surface area contributed by atoms with Gasteiger partial charge in [-0.2, -0.15) is 0 Å². The molecule has 1 aromatic rings. The number of nitrogens with one attached hydrogen (secondary N) is 1. The number of hydrogen-bond acceptors (Lipinski definition) is 5. The van der Waals surface area contributed by atoms with Crippen molar-refractivity contribution >= 4 is 23.5 Å². The molecule has 7 nitrogen and oxygen atoms in total. The summed E-state index contributed by atoms with van der Waals surface area (Å²) >= 11 is 0. The lowest BCUT2D eigenvalue weighted by Crippen LogP contribution is -2.45. The van der Waals surface area contributed by atoms with Crippen molar-refractivity contribution in [2.75, 3.05) is 12.8 Å². The summed E-state index contributed by atoms with van der Waals surface area (Å²) in [6, 6.07) is 7.18. The Balaban J connectivity index is 1.41. The van der Waals surface area contributed by atoms with Gasteiger partial charge in [-0.15, -0.1) is 0 Å². The molecule has 3 aliphatic rings. The highest BCUT2D eigenvalue weighted by Gasteiger charge is 2.48. The third kappa shape index (κ3) is 5.50.